The summed E-state index contributed by atoms with van der Waals surface area (Å²) in [6.07, 6.45) is 0. The van der Waals surface area contributed by atoms with Crippen LogP contribution in [-0.4, -0.2) is 27.3 Å². The minimum Gasteiger partial charge on any atom is -0.388 e. The largest absolute Gasteiger partial charge is 0.388 e. The van der Waals surface area contributed by atoms with Gasteiger partial charge in [-0.25, -0.2) is 15.4 Å². The highest BCUT2D eigenvalue weighted by Gasteiger charge is 2.15. The first-order valence-electron chi connectivity index (χ1n) is 7.36. The fraction of sp³-hybridized carbons (Fsp3) is 0.294. The summed E-state index contributed by atoms with van der Waals surface area (Å²) in [7, 11) is 0. The van der Waals surface area contributed by atoms with Gasteiger partial charge in [-0.15, -0.1) is 11.3 Å². The molecule has 0 atom stereocenters. The predicted octanol–water partition coefficient (Wildman–Crippen LogP) is 3.78. The van der Waals surface area contributed by atoms with E-state index in [0.717, 1.165) is 20.7 Å². The molecule has 23 heavy (non-hydrogen) atoms. The van der Waals surface area contributed by atoms with Crippen LogP contribution in [0.1, 0.15) is 19.7 Å². The van der Waals surface area contributed by atoms with Crippen molar-refractivity contribution in [1.82, 2.24) is 9.97 Å². The van der Waals surface area contributed by atoms with E-state index in [1.165, 1.54) is 0 Å². The lowest BCUT2D eigenvalue weighted by Gasteiger charge is -2.17. The molecule has 2 aromatic heterocycles. The Hall–Kier alpha value is -2.02. The number of hydrogen-bond donors (Lipinski definition) is 2. The molecule has 0 saturated carbocycles. The van der Waals surface area contributed by atoms with E-state index in [1.807, 2.05) is 25.1 Å². The molecule has 1 aromatic carbocycles. The Morgan fingerprint density at radius 1 is 1.22 bits per heavy atom. The van der Waals surface area contributed by atoms with E-state index in [1.54, 1.807) is 25.2 Å². The second kappa shape index (κ2) is 6.23. The Labute approximate surface area is 138 Å². The zero-order valence-electron chi connectivity index (χ0n) is 13.3. The van der Waals surface area contributed by atoms with Crippen molar-refractivity contribution in [2.75, 3.05) is 12.1 Å². The van der Waals surface area contributed by atoms with E-state index < -0.39 is 5.60 Å². The summed E-state index contributed by atoms with van der Waals surface area (Å²) in [6.45, 7) is 5.39. The van der Waals surface area contributed by atoms with Gasteiger partial charge in [0.15, 0.2) is 5.82 Å². The maximum absolute atomic E-state index is 9.72. The molecule has 0 aliphatic carbocycles. The van der Waals surface area contributed by atoms with E-state index in [9.17, 15) is 5.11 Å². The van der Waals surface area contributed by atoms with Crippen LogP contribution in [0, 0.1) is 6.92 Å². The summed E-state index contributed by atoms with van der Waals surface area (Å²) in [5, 5.41) is 10.6. The fourth-order valence-electron chi connectivity index (χ4n) is 2.13. The van der Waals surface area contributed by atoms with Crippen LogP contribution in [0.5, 0.6) is 0 Å². The molecule has 0 aliphatic heterocycles. The smallest absolute Gasteiger partial charge is 0.162 e. The molecule has 3 aromatic rings. The first-order chi connectivity index (χ1) is 10.9. The maximum atomic E-state index is 9.72. The average Bonchev–Trinajstić information content (AvgIpc) is 2.90. The quantitative estimate of drug-likeness (QED) is 0.697. The lowest BCUT2D eigenvalue weighted by Crippen LogP contribution is -2.27. The molecule has 0 spiro atoms. The number of rotatable bonds is 5. The Balaban J connectivity index is 1.93. The fourth-order valence-corrected chi connectivity index (χ4v) is 3.21. The second-order valence-corrected chi connectivity index (χ2v) is 7.05. The molecule has 5 nitrogen and oxygen atoms in total. The zero-order valence-corrected chi connectivity index (χ0v) is 14.1. The van der Waals surface area contributed by atoms with Crippen LogP contribution >= 0.6 is 11.3 Å². The van der Waals surface area contributed by atoms with Crippen molar-refractivity contribution in [1.29, 1.82) is 0 Å². The summed E-state index contributed by atoms with van der Waals surface area (Å²) in [4.78, 5) is 16.3. The minimum atomic E-state index is -0.905. The van der Waals surface area contributed by atoms with Crippen molar-refractivity contribution < 1.29 is 9.94 Å². The number of aromatic nitrogens is 2. The SMILES string of the molecule is Cc1nc(NOCC(C)(C)O)c2cc(-c3ccccc3)sc2n1. The average molecular weight is 329 g/mol. The molecular formula is C17H19N3O2S. The number of thiophene rings is 1. The first-order valence-corrected chi connectivity index (χ1v) is 8.18. The van der Waals surface area contributed by atoms with E-state index in [4.69, 9.17) is 4.84 Å². The van der Waals surface area contributed by atoms with Gasteiger partial charge >= 0.3 is 0 Å². The molecule has 0 saturated heterocycles. The van der Waals surface area contributed by atoms with Gasteiger partial charge in [0.1, 0.15) is 17.3 Å². The Kier molecular flexibility index (Phi) is 4.30. The molecule has 0 aliphatic rings. The third-order valence-electron chi connectivity index (χ3n) is 3.16. The van der Waals surface area contributed by atoms with Crippen molar-refractivity contribution in [3.05, 3.63) is 42.2 Å². The lowest BCUT2D eigenvalue weighted by atomic mass is 10.2. The summed E-state index contributed by atoms with van der Waals surface area (Å²) in [5.41, 5.74) is 3.09. The summed E-state index contributed by atoms with van der Waals surface area (Å²) in [5.74, 6) is 1.29. The van der Waals surface area contributed by atoms with Crippen LogP contribution in [-0.2, 0) is 4.84 Å². The summed E-state index contributed by atoms with van der Waals surface area (Å²) in [6, 6.07) is 12.2. The molecule has 3 rings (SSSR count). The third-order valence-corrected chi connectivity index (χ3v) is 4.24. The van der Waals surface area contributed by atoms with Crippen LogP contribution in [0.4, 0.5) is 5.82 Å². The molecule has 2 N–H and O–H groups in total. The van der Waals surface area contributed by atoms with Gasteiger partial charge in [-0.3, -0.25) is 4.84 Å². The monoisotopic (exact) mass is 329 g/mol. The zero-order chi connectivity index (χ0) is 16.4. The summed E-state index contributed by atoms with van der Waals surface area (Å²) >= 11 is 1.62. The van der Waals surface area contributed by atoms with Crippen molar-refractivity contribution in [2.45, 2.75) is 26.4 Å². The first kappa shape index (κ1) is 15.9. The highest BCUT2D eigenvalue weighted by molar-refractivity contribution is 7.21. The van der Waals surface area contributed by atoms with E-state index in [0.29, 0.717) is 11.6 Å². The molecule has 0 fully saturated rings. The summed E-state index contributed by atoms with van der Waals surface area (Å²) < 4.78 is 0. The number of aryl methyl sites for hydroxylation is 1. The molecule has 0 unspecified atom stereocenters. The third kappa shape index (κ3) is 3.85. The van der Waals surface area contributed by atoms with Gasteiger partial charge in [-0.1, -0.05) is 30.3 Å². The van der Waals surface area contributed by atoms with E-state index in [-0.39, 0.29) is 6.61 Å². The van der Waals surface area contributed by atoms with Crippen molar-refractivity contribution >= 4 is 27.4 Å². The Morgan fingerprint density at radius 2 is 1.96 bits per heavy atom. The number of fused-ring (bicyclic) bond motifs is 1. The second-order valence-electron chi connectivity index (χ2n) is 6.02. The van der Waals surface area contributed by atoms with Crippen LogP contribution in [0.3, 0.4) is 0 Å². The Morgan fingerprint density at radius 3 is 2.65 bits per heavy atom. The molecule has 0 bridgehead atoms. The van der Waals surface area contributed by atoms with Gasteiger partial charge in [0.05, 0.1) is 11.0 Å². The van der Waals surface area contributed by atoms with Gasteiger partial charge < -0.3 is 5.11 Å². The predicted molar refractivity (Wildman–Crippen MR) is 93.5 cm³/mol. The van der Waals surface area contributed by atoms with Crippen LogP contribution in [0.15, 0.2) is 36.4 Å². The van der Waals surface area contributed by atoms with Crippen molar-refractivity contribution in [3.63, 3.8) is 0 Å². The number of anilines is 1. The highest BCUT2D eigenvalue weighted by atomic mass is 32.1. The number of nitrogens with zero attached hydrogens (tertiary/aromatic N) is 2. The van der Waals surface area contributed by atoms with Gasteiger partial charge in [-0.05, 0) is 32.4 Å². The van der Waals surface area contributed by atoms with E-state index >= 15 is 0 Å². The molecule has 120 valence electrons. The molecule has 6 heteroatoms. The number of hydrogen-bond acceptors (Lipinski definition) is 6. The van der Waals surface area contributed by atoms with Crippen LogP contribution in [0.2, 0.25) is 0 Å². The van der Waals surface area contributed by atoms with Gasteiger partial charge in [-0.2, -0.15) is 0 Å². The lowest BCUT2D eigenvalue weighted by molar-refractivity contribution is -0.00300. The topological polar surface area (TPSA) is 67.3 Å². The molecule has 0 amide bonds. The van der Waals surface area contributed by atoms with Gasteiger partial charge in [0, 0.05) is 4.88 Å². The van der Waals surface area contributed by atoms with E-state index in [2.05, 4.69) is 33.6 Å². The minimum absolute atomic E-state index is 0.160. The maximum Gasteiger partial charge on any atom is 0.162 e. The van der Waals surface area contributed by atoms with Crippen molar-refractivity contribution in [2.24, 2.45) is 0 Å². The number of nitrogens with one attached hydrogen (secondary N) is 1. The standard InChI is InChI=1S/C17H19N3O2S/c1-11-18-15(20-22-10-17(2,3)21)13-9-14(23-16(13)19-11)12-7-5-4-6-8-12/h4-9,21H,10H2,1-3H3,(H,18,19,20). The van der Waals surface area contributed by atoms with Crippen LogP contribution < -0.4 is 5.48 Å². The van der Waals surface area contributed by atoms with Gasteiger partial charge in [0.2, 0.25) is 0 Å². The molecule has 0 radical (unpaired) electrons. The molecule has 2 heterocycles. The number of aliphatic hydroxyl groups is 1. The highest BCUT2D eigenvalue weighted by Crippen LogP contribution is 2.35. The molecular weight excluding hydrogens is 310 g/mol. The normalized spacial score (nSPS) is 11.8. The Bertz CT molecular complexity index is 810. The number of benzene rings is 1. The van der Waals surface area contributed by atoms with Crippen molar-refractivity contribution in [3.8, 4) is 10.4 Å². The van der Waals surface area contributed by atoms with Gasteiger partial charge in [0.25, 0.3) is 0 Å². The van der Waals surface area contributed by atoms with Crippen LogP contribution in [0.25, 0.3) is 20.7 Å².